The Morgan fingerprint density at radius 2 is 0.864 bits per heavy atom. The van der Waals surface area contributed by atoms with Crippen molar-refractivity contribution in [2.45, 2.75) is 12.4 Å². The highest BCUT2D eigenvalue weighted by atomic mass is 19.4. The zero-order valence-corrected chi connectivity index (χ0v) is 10.4. The Balaban J connectivity index is 0. The summed E-state index contributed by atoms with van der Waals surface area (Å²) in [6, 6.07) is 7.09. The fourth-order valence-corrected chi connectivity index (χ4v) is 0.496. The molecule has 0 bridgehead atoms. The first-order valence-electron chi connectivity index (χ1n) is 4.89. The number of benzene rings is 1. The number of carbonyl (C=O) groups is 2. The van der Waals surface area contributed by atoms with Gasteiger partial charge in [0, 0.05) is 11.4 Å². The molecule has 0 fully saturated rings. The summed E-state index contributed by atoms with van der Waals surface area (Å²) in [5.74, 6) is -5.51. The van der Waals surface area contributed by atoms with Gasteiger partial charge in [0.1, 0.15) is 0 Å². The van der Waals surface area contributed by atoms with E-state index in [1.807, 2.05) is 0 Å². The van der Waals surface area contributed by atoms with Gasteiger partial charge in [-0.05, 0) is 24.3 Å². The largest absolute Gasteiger partial charge is 0.490 e. The molecule has 0 radical (unpaired) electrons. The second kappa shape index (κ2) is 8.59. The third-order valence-corrected chi connectivity index (χ3v) is 1.42. The third-order valence-electron chi connectivity index (χ3n) is 1.42. The molecule has 0 saturated heterocycles. The van der Waals surface area contributed by atoms with Gasteiger partial charge in [-0.3, -0.25) is 0 Å². The van der Waals surface area contributed by atoms with E-state index < -0.39 is 24.3 Å². The second-order valence-electron chi connectivity index (χ2n) is 3.27. The molecule has 0 unspecified atom stereocenters. The minimum atomic E-state index is -5.08. The van der Waals surface area contributed by atoms with Crippen molar-refractivity contribution < 1.29 is 46.1 Å². The molecule has 0 aliphatic heterocycles. The molecular formula is C10H10F6N2O4. The fraction of sp³-hybridized carbons (Fsp3) is 0.200. The molecule has 0 saturated carbocycles. The molecule has 1 aromatic rings. The maximum Gasteiger partial charge on any atom is 0.490 e. The van der Waals surface area contributed by atoms with E-state index in [0.717, 1.165) is 11.4 Å². The van der Waals surface area contributed by atoms with Crippen molar-refractivity contribution in [3.63, 3.8) is 0 Å². The summed E-state index contributed by atoms with van der Waals surface area (Å²) >= 11 is 0. The number of alkyl halides is 6. The highest BCUT2D eigenvalue weighted by Crippen LogP contribution is 2.13. The molecule has 6 N–H and O–H groups in total. The van der Waals surface area contributed by atoms with Crippen LogP contribution in [0.1, 0.15) is 0 Å². The van der Waals surface area contributed by atoms with Gasteiger partial charge in [-0.15, -0.1) is 0 Å². The Morgan fingerprint density at radius 1 is 0.727 bits per heavy atom. The molecule has 1 rings (SSSR count). The molecule has 0 amide bonds. The fourth-order valence-electron chi connectivity index (χ4n) is 0.496. The third kappa shape index (κ3) is 12.4. The van der Waals surface area contributed by atoms with Gasteiger partial charge in [-0.2, -0.15) is 26.3 Å². The predicted octanol–water partition coefficient (Wildman–Crippen LogP) is 2.12. The number of carboxylic acid groups (broad SMARTS) is 2. The van der Waals surface area contributed by atoms with Crippen molar-refractivity contribution in [3.05, 3.63) is 24.3 Å². The number of halogens is 6. The van der Waals surface area contributed by atoms with Crippen LogP contribution in [0.15, 0.2) is 24.3 Å². The molecule has 0 aliphatic carbocycles. The Kier molecular flexibility index (Phi) is 8.45. The molecule has 126 valence electrons. The molecule has 0 aliphatic rings. The van der Waals surface area contributed by atoms with Gasteiger partial charge < -0.3 is 21.7 Å². The predicted molar refractivity (Wildman–Crippen MR) is 62.6 cm³/mol. The maximum absolute atomic E-state index is 10.6. The van der Waals surface area contributed by atoms with E-state index in [9.17, 15) is 26.3 Å². The van der Waals surface area contributed by atoms with E-state index in [1.165, 1.54) is 0 Å². The lowest BCUT2D eigenvalue weighted by Crippen LogP contribution is -2.21. The Bertz CT molecular complexity index is 439. The van der Waals surface area contributed by atoms with Crippen molar-refractivity contribution in [2.75, 3.05) is 11.5 Å². The Hall–Kier alpha value is -2.66. The highest BCUT2D eigenvalue weighted by molar-refractivity contribution is 5.73. The normalized spacial score (nSPS) is 10.5. The van der Waals surface area contributed by atoms with E-state index in [0.29, 0.717) is 0 Å². The molecule has 12 heteroatoms. The van der Waals surface area contributed by atoms with Gasteiger partial charge in [0.2, 0.25) is 0 Å². The van der Waals surface area contributed by atoms with Crippen molar-refractivity contribution in [1.82, 2.24) is 0 Å². The highest BCUT2D eigenvalue weighted by Gasteiger charge is 2.38. The van der Waals surface area contributed by atoms with E-state index >= 15 is 0 Å². The number of nitrogens with two attached hydrogens (primary N) is 2. The quantitative estimate of drug-likeness (QED) is 0.424. The number of rotatable bonds is 0. The van der Waals surface area contributed by atoms with E-state index in [-0.39, 0.29) is 0 Å². The van der Waals surface area contributed by atoms with Gasteiger partial charge in [0.25, 0.3) is 0 Å². The van der Waals surface area contributed by atoms with Crippen LogP contribution in [0.4, 0.5) is 37.7 Å². The molecule has 6 nitrogen and oxygen atoms in total. The number of carboxylic acids is 2. The lowest BCUT2D eigenvalue weighted by atomic mass is 10.3. The maximum atomic E-state index is 10.6. The number of aliphatic carboxylic acids is 2. The van der Waals surface area contributed by atoms with Crippen molar-refractivity contribution in [1.29, 1.82) is 0 Å². The summed E-state index contributed by atoms with van der Waals surface area (Å²) in [6.07, 6.45) is -10.2. The lowest BCUT2D eigenvalue weighted by Gasteiger charge is -1.93. The first-order valence-corrected chi connectivity index (χ1v) is 4.89. The van der Waals surface area contributed by atoms with Crippen LogP contribution in [0.3, 0.4) is 0 Å². The van der Waals surface area contributed by atoms with Crippen LogP contribution in [0.5, 0.6) is 0 Å². The molecule has 0 heterocycles. The molecular weight excluding hydrogens is 326 g/mol. The minimum absolute atomic E-state index is 0.749. The van der Waals surface area contributed by atoms with Crippen LogP contribution < -0.4 is 11.5 Å². The summed E-state index contributed by atoms with van der Waals surface area (Å²) < 4.78 is 63.5. The van der Waals surface area contributed by atoms with Crippen LogP contribution in [0.25, 0.3) is 0 Å². The van der Waals surface area contributed by atoms with Gasteiger partial charge >= 0.3 is 24.3 Å². The van der Waals surface area contributed by atoms with Crippen LogP contribution in [0, 0.1) is 0 Å². The average Bonchev–Trinajstić information content (AvgIpc) is 2.32. The summed E-state index contributed by atoms with van der Waals surface area (Å²) in [6.45, 7) is 0. The average molecular weight is 336 g/mol. The monoisotopic (exact) mass is 336 g/mol. The SMILES string of the molecule is Nc1ccc(N)cc1.O=C(O)C(F)(F)F.O=C(O)C(F)(F)F. The number of hydrogen-bond acceptors (Lipinski definition) is 4. The van der Waals surface area contributed by atoms with Crippen molar-refractivity contribution in [2.24, 2.45) is 0 Å². The van der Waals surface area contributed by atoms with E-state index in [4.69, 9.17) is 31.3 Å². The van der Waals surface area contributed by atoms with Crippen molar-refractivity contribution >= 4 is 23.3 Å². The first kappa shape index (κ1) is 21.6. The van der Waals surface area contributed by atoms with Crippen LogP contribution >= 0.6 is 0 Å². The molecule has 0 spiro atoms. The van der Waals surface area contributed by atoms with Gasteiger partial charge in [0.05, 0.1) is 0 Å². The zero-order chi connectivity index (χ0) is 18.1. The number of nitrogen functional groups attached to an aromatic ring is 2. The molecule has 22 heavy (non-hydrogen) atoms. The Morgan fingerprint density at radius 3 is 0.955 bits per heavy atom. The van der Waals surface area contributed by atoms with Crippen LogP contribution in [0.2, 0.25) is 0 Å². The van der Waals surface area contributed by atoms with Gasteiger partial charge in [0.15, 0.2) is 0 Å². The van der Waals surface area contributed by atoms with Crippen molar-refractivity contribution in [3.8, 4) is 0 Å². The first-order chi connectivity index (χ1) is 9.67. The van der Waals surface area contributed by atoms with Gasteiger partial charge in [-0.1, -0.05) is 0 Å². The van der Waals surface area contributed by atoms with Crippen LogP contribution in [-0.4, -0.2) is 34.5 Å². The summed E-state index contributed by atoms with van der Waals surface area (Å²) in [5, 5.41) is 14.2. The smallest absolute Gasteiger partial charge is 0.475 e. The summed E-state index contributed by atoms with van der Waals surface area (Å²) in [7, 11) is 0. The van der Waals surface area contributed by atoms with Crippen LogP contribution in [-0.2, 0) is 9.59 Å². The zero-order valence-electron chi connectivity index (χ0n) is 10.4. The van der Waals surface area contributed by atoms with Gasteiger partial charge in [-0.25, -0.2) is 9.59 Å². The Labute approximate surface area is 118 Å². The number of hydrogen-bond donors (Lipinski definition) is 4. The lowest BCUT2D eigenvalue weighted by molar-refractivity contribution is -0.193. The summed E-state index contributed by atoms with van der Waals surface area (Å²) in [5.41, 5.74) is 12.2. The molecule has 0 aromatic heterocycles. The minimum Gasteiger partial charge on any atom is -0.475 e. The topological polar surface area (TPSA) is 127 Å². The van der Waals surface area contributed by atoms with E-state index in [2.05, 4.69) is 0 Å². The second-order valence-corrected chi connectivity index (χ2v) is 3.27. The molecule has 1 aromatic carbocycles. The van der Waals surface area contributed by atoms with E-state index in [1.54, 1.807) is 24.3 Å². The number of anilines is 2. The molecule has 0 atom stereocenters. The standard InChI is InChI=1S/C6H8N2.2C2HF3O2/c7-5-1-2-6(8)4-3-5;2*3-2(4,5)1(6)7/h1-4H,7-8H2;2*(H,6,7). The summed E-state index contributed by atoms with van der Waals surface area (Å²) in [4.78, 5) is 17.8.